The molecule has 3 rings (SSSR count). The molecule has 0 bridgehead atoms. The standard InChI is InChI=1S/C16H27N3OS/c1-12(16-18-14-6-2-3-7-15(14)21-16)17-10-13(20)11-19-8-4-5-9-19/h12-13,17,20H,2-11H2,1H3. The zero-order valence-corrected chi connectivity index (χ0v) is 13.8. The summed E-state index contributed by atoms with van der Waals surface area (Å²) in [6.07, 6.45) is 7.23. The fraction of sp³-hybridized carbons (Fsp3) is 0.812. The first kappa shape index (κ1) is 15.4. The Morgan fingerprint density at radius 2 is 2.00 bits per heavy atom. The Bertz CT molecular complexity index is 433. The summed E-state index contributed by atoms with van der Waals surface area (Å²) < 4.78 is 0. The molecular formula is C16H27N3OS. The summed E-state index contributed by atoms with van der Waals surface area (Å²) in [6, 6.07) is 0.244. The number of aliphatic hydroxyl groups is 1. The van der Waals surface area contributed by atoms with E-state index >= 15 is 0 Å². The van der Waals surface area contributed by atoms with Gasteiger partial charge in [0.05, 0.1) is 17.8 Å². The quantitative estimate of drug-likeness (QED) is 0.845. The van der Waals surface area contributed by atoms with E-state index < -0.39 is 0 Å². The summed E-state index contributed by atoms with van der Waals surface area (Å²) in [5, 5.41) is 14.8. The molecule has 2 N–H and O–H groups in total. The first-order valence-corrected chi connectivity index (χ1v) is 9.16. The highest BCUT2D eigenvalue weighted by atomic mass is 32.1. The summed E-state index contributed by atoms with van der Waals surface area (Å²) in [5.74, 6) is 0. The van der Waals surface area contributed by atoms with Crippen LogP contribution >= 0.6 is 11.3 Å². The van der Waals surface area contributed by atoms with Gasteiger partial charge in [0.2, 0.25) is 0 Å². The van der Waals surface area contributed by atoms with Gasteiger partial charge in [0.25, 0.3) is 0 Å². The molecule has 0 spiro atoms. The van der Waals surface area contributed by atoms with Crippen molar-refractivity contribution in [1.82, 2.24) is 15.2 Å². The normalized spacial score (nSPS) is 22.2. The zero-order chi connectivity index (χ0) is 14.7. The molecule has 21 heavy (non-hydrogen) atoms. The molecule has 1 fully saturated rings. The van der Waals surface area contributed by atoms with Crippen LogP contribution in [-0.4, -0.2) is 47.3 Å². The van der Waals surface area contributed by atoms with Gasteiger partial charge in [0.15, 0.2) is 0 Å². The highest BCUT2D eigenvalue weighted by molar-refractivity contribution is 7.11. The lowest BCUT2D eigenvalue weighted by molar-refractivity contribution is 0.121. The van der Waals surface area contributed by atoms with Gasteiger partial charge in [0, 0.05) is 18.0 Å². The third-order valence-electron chi connectivity index (χ3n) is 4.56. The van der Waals surface area contributed by atoms with Crippen LogP contribution in [0, 0.1) is 0 Å². The van der Waals surface area contributed by atoms with Gasteiger partial charge in [-0.3, -0.25) is 0 Å². The average Bonchev–Trinajstić information content (AvgIpc) is 3.13. The minimum absolute atomic E-state index is 0.244. The van der Waals surface area contributed by atoms with E-state index in [9.17, 15) is 5.11 Å². The van der Waals surface area contributed by atoms with E-state index in [0.717, 1.165) is 26.1 Å². The summed E-state index contributed by atoms with van der Waals surface area (Å²) >= 11 is 1.86. The van der Waals surface area contributed by atoms with Gasteiger partial charge < -0.3 is 15.3 Å². The van der Waals surface area contributed by atoms with Gasteiger partial charge in [0.1, 0.15) is 5.01 Å². The number of aliphatic hydroxyl groups excluding tert-OH is 1. The molecule has 1 aliphatic carbocycles. The van der Waals surface area contributed by atoms with Crippen LogP contribution in [0.5, 0.6) is 0 Å². The van der Waals surface area contributed by atoms with Gasteiger partial charge in [-0.25, -0.2) is 4.98 Å². The molecule has 2 heterocycles. The lowest BCUT2D eigenvalue weighted by Gasteiger charge is -2.21. The predicted octanol–water partition coefficient (Wildman–Crippen LogP) is 2.13. The second-order valence-corrected chi connectivity index (χ2v) is 7.54. The van der Waals surface area contributed by atoms with E-state index in [1.807, 2.05) is 11.3 Å². The fourth-order valence-electron chi connectivity index (χ4n) is 3.29. The van der Waals surface area contributed by atoms with Crippen molar-refractivity contribution in [2.75, 3.05) is 26.2 Å². The number of rotatable bonds is 6. The molecule has 5 heteroatoms. The van der Waals surface area contributed by atoms with Gasteiger partial charge in [-0.15, -0.1) is 11.3 Å². The van der Waals surface area contributed by atoms with E-state index in [2.05, 4.69) is 17.1 Å². The number of likely N-dealkylation sites (tertiary alicyclic amines) is 1. The van der Waals surface area contributed by atoms with Crippen molar-refractivity contribution in [3.63, 3.8) is 0 Å². The largest absolute Gasteiger partial charge is 0.390 e. The Hall–Kier alpha value is -0.490. The molecule has 1 aromatic rings. The molecule has 0 amide bonds. The molecule has 0 aromatic carbocycles. The lowest BCUT2D eigenvalue weighted by Crippen LogP contribution is -2.37. The number of nitrogens with zero attached hydrogens (tertiary/aromatic N) is 2. The Morgan fingerprint density at radius 1 is 1.24 bits per heavy atom. The Balaban J connectivity index is 1.46. The molecule has 0 radical (unpaired) electrons. The Kier molecular flexibility index (Phi) is 5.27. The number of nitrogens with one attached hydrogen (secondary N) is 1. The maximum Gasteiger partial charge on any atom is 0.110 e. The van der Waals surface area contributed by atoms with Gasteiger partial charge in [-0.2, -0.15) is 0 Å². The first-order valence-electron chi connectivity index (χ1n) is 8.34. The van der Waals surface area contributed by atoms with Crippen molar-refractivity contribution in [2.24, 2.45) is 0 Å². The number of β-amino-alcohol motifs (C(OH)–C–C–N with tert-alkyl or cyclic N) is 1. The number of aromatic nitrogens is 1. The fourth-order valence-corrected chi connectivity index (χ4v) is 4.47. The SMILES string of the molecule is CC(NCC(O)CN1CCCC1)c1nc2c(s1)CCCC2. The average molecular weight is 309 g/mol. The minimum Gasteiger partial charge on any atom is -0.390 e. The topological polar surface area (TPSA) is 48.4 Å². The highest BCUT2D eigenvalue weighted by Crippen LogP contribution is 2.29. The van der Waals surface area contributed by atoms with Crippen LogP contribution in [0.1, 0.15) is 54.2 Å². The van der Waals surface area contributed by atoms with E-state index in [4.69, 9.17) is 4.98 Å². The number of hydrogen-bond acceptors (Lipinski definition) is 5. The van der Waals surface area contributed by atoms with Crippen molar-refractivity contribution in [1.29, 1.82) is 0 Å². The predicted molar refractivity (Wildman–Crippen MR) is 86.9 cm³/mol. The number of thiazole rings is 1. The minimum atomic E-state index is -0.278. The first-order chi connectivity index (χ1) is 10.2. The summed E-state index contributed by atoms with van der Waals surface area (Å²) in [7, 11) is 0. The molecule has 4 nitrogen and oxygen atoms in total. The number of hydrogen-bond donors (Lipinski definition) is 2. The second kappa shape index (κ2) is 7.18. The van der Waals surface area contributed by atoms with Gasteiger partial charge >= 0.3 is 0 Å². The van der Waals surface area contributed by atoms with Gasteiger partial charge in [-0.1, -0.05) is 0 Å². The van der Waals surface area contributed by atoms with Crippen LogP contribution in [0.25, 0.3) is 0 Å². The van der Waals surface area contributed by atoms with Crippen molar-refractivity contribution in [3.05, 3.63) is 15.6 Å². The molecule has 2 unspecified atom stereocenters. The zero-order valence-electron chi connectivity index (χ0n) is 13.0. The lowest BCUT2D eigenvalue weighted by atomic mass is 10.0. The Labute approximate surface area is 131 Å². The van der Waals surface area contributed by atoms with E-state index in [0.29, 0.717) is 6.54 Å². The van der Waals surface area contributed by atoms with Crippen molar-refractivity contribution in [2.45, 2.75) is 57.6 Å². The number of fused-ring (bicyclic) bond motifs is 1. The van der Waals surface area contributed by atoms with Crippen LogP contribution in [0.2, 0.25) is 0 Å². The maximum atomic E-state index is 10.1. The molecule has 2 aliphatic rings. The van der Waals surface area contributed by atoms with Crippen LogP contribution in [0.15, 0.2) is 0 Å². The van der Waals surface area contributed by atoms with Crippen molar-refractivity contribution < 1.29 is 5.11 Å². The van der Waals surface area contributed by atoms with Crippen LogP contribution < -0.4 is 5.32 Å². The van der Waals surface area contributed by atoms with Gasteiger partial charge in [-0.05, 0) is 58.5 Å². The molecule has 2 atom stereocenters. The van der Waals surface area contributed by atoms with Crippen molar-refractivity contribution in [3.8, 4) is 0 Å². The molecule has 0 saturated carbocycles. The van der Waals surface area contributed by atoms with E-state index in [-0.39, 0.29) is 12.1 Å². The molecular weight excluding hydrogens is 282 g/mol. The van der Waals surface area contributed by atoms with E-state index in [1.165, 1.54) is 47.7 Å². The highest BCUT2D eigenvalue weighted by Gasteiger charge is 2.20. The van der Waals surface area contributed by atoms with Crippen LogP contribution in [0.4, 0.5) is 0 Å². The monoisotopic (exact) mass is 309 g/mol. The molecule has 1 saturated heterocycles. The third-order valence-corrected chi connectivity index (χ3v) is 5.90. The third kappa shape index (κ3) is 4.03. The summed E-state index contributed by atoms with van der Waals surface area (Å²) in [4.78, 5) is 8.64. The second-order valence-electron chi connectivity index (χ2n) is 6.42. The summed E-state index contributed by atoms with van der Waals surface area (Å²) in [5.41, 5.74) is 1.33. The van der Waals surface area contributed by atoms with Crippen LogP contribution in [0.3, 0.4) is 0 Å². The van der Waals surface area contributed by atoms with Crippen molar-refractivity contribution >= 4 is 11.3 Å². The molecule has 1 aliphatic heterocycles. The number of aryl methyl sites for hydroxylation is 2. The van der Waals surface area contributed by atoms with Crippen LogP contribution in [-0.2, 0) is 12.8 Å². The maximum absolute atomic E-state index is 10.1. The van der Waals surface area contributed by atoms with E-state index in [1.54, 1.807) is 0 Å². The molecule has 1 aromatic heterocycles. The molecule has 118 valence electrons. The smallest absolute Gasteiger partial charge is 0.110 e. The summed E-state index contributed by atoms with van der Waals surface area (Å²) in [6.45, 7) is 5.90. The Morgan fingerprint density at radius 3 is 2.76 bits per heavy atom.